The molecule has 1 aromatic heterocycles. The molecule has 2 aliphatic heterocycles. The molecule has 2 aromatic rings. The summed E-state index contributed by atoms with van der Waals surface area (Å²) in [4.78, 5) is 24.1. The highest BCUT2D eigenvalue weighted by atomic mass is 35.5. The zero-order chi connectivity index (χ0) is 16.6. The third-order valence-electron chi connectivity index (χ3n) is 4.74. The Morgan fingerprint density at radius 3 is 2.42 bits per heavy atom. The first-order chi connectivity index (χ1) is 11.7. The zero-order valence-corrected chi connectivity index (χ0v) is 14.0. The summed E-state index contributed by atoms with van der Waals surface area (Å²) in [6.07, 6.45) is 3.64. The molecule has 0 N–H and O–H groups in total. The van der Waals surface area contributed by atoms with Gasteiger partial charge in [0.1, 0.15) is 26.3 Å². The van der Waals surface area contributed by atoms with Crippen LogP contribution in [0.5, 0.6) is 0 Å². The number of hydrogen-bond acceptors (Lipinski definition) is 4. The van der Waals surface area contributed by atoms with Crippen LogP contribution in [0.1, 0.15) is 24.3 Å². The van der Waals surface area contributed by atoms with E-state index in [1.54, 1.807) is 36.5 Å². The summed E-state index contributed by atoms with van der Waals surface area (Å²) in [5.41, 5.74) is 1.57. The molecule has 0 atom stereocenters. The van der Waals surface area contributed by atoms with Crippen molar-refractivity contribution >= 4 is 11.6 Å². The minimum atomic E-state index is -0.127. The minimum absolute atomic E-state index is 0.127. The number of rotatable bonds is 2. The van der Waals surface area contributed by atoms with Crippen molar-refractivity contribution in [1.82, 2.24) is 9.78 Å². The van der Waals surface area contributed by atoms with Gasteiger partial charge in [-0.1, -0.05) is 11.6 Å². The average Bonchev–Trinajstić information content (AvgIpc) is 3.05. The van der Waals surface area contributed by atoms with E-state index < -0.39 is 0 Å². The molecule has 7 heteroatoms. The van der Waals surface area contributed by atoms with Crippen molar-refractivity contribution in [1.29, 1.82) is 0 Å². The van der Waals surface area contributed by atoms with Crippen LogP contribution in [0, 0.1) is 0 Å². The molecule has 0 unspecified atom stereocenters. The molecule has 2 fully saturated rings. The van der Waals surface area contributed by atoms with Crippen LogP contribution >= 0.6 is 11.6 Å². The second-order valence-electron chi connectivity index (χ2n) is 6.22. The van der Waals surface area contributed by atoms with Gasteiger partial charge in [-0.2, -0.15) is 19.5 Å². The van der Waals surface area contributed by atoms with Crippen molar-refractivity contribution < 1.29 is 14.5 Å². The first-order valence-corrected chi connectivity index (χ1v) is 8.54. The summed E-state index contributed by atoms with van der Waals surface area (Å²) in [5, 5.41) is 4.97. The fourth-order valence-corrected chi connectivity index (χ4v) is 3.55. The van der Waals surface area contributed by atoms with Gasteiger partial charge in [-0.25, -0.2) is 0 Å². The Labute approximate surface area is 144 Å². The lowest BCUT2D eigenvalue weighted by molar-refractivity contribution is -1.23. The van der Waals surface area contributed by atoms with Gasteiger partial charge in [0.2, 0.25) is 0 Å². The van der Waals surface area contributed by atoms with Gasteiger partial charge in [0.15, 0.2) is 0 Å². The molecule has 1 aromatic carbocycles. The molecular formula is C17H19ClN3O3+. The summed E-state index contributed by atoms with van der Waals surface area (Å²) in [6.45, 7) is 2.93. The minimum Gasteiger partial charge on any atom is -0.267 e. The monoisotopic (exact) mass is 348 g/mol. The number of quaternary nitrogens is 1. The molecule has 0 saturated carbocycles. The number of hydrogen-bond donors (Lipinski definition) is 0. The smallest absolute Gasteiger partial charge is 0.267 e. The molecule has 0 bridgehead atoms. The van der Waals surface area contributed by atoms with E-state index in [1.807, 2.05) is 0 Å². The van der Waals surface area contributed by atoms with E-state index in [4.69, 9.17) is 21.3 Å². The highest BCUT2D eigenvalue weighted by molar-refractivity contribution is 6.30. The Bertz CT molecular complexity index is 774. The molecular weight excluding hydrogens is 330 g/mol. The van der Waals surface area contributed by atoms with Gasteiger partial charge >= 0.3 is 0 Å². The van der Waals surface area contributed by atoms with Crippen LogP contribution in [-0.2, 0) is 9.68 Å². The van der Waals surface area contributed by atoms with Crippen molar-refractivity contribution in [3.8, 4) is 5.69 Å². The van der Waals surface area contributed by atoms with Gasteiger partial charge in [-0.15, -0.1) is 0 Å². The second kappa shape index (κ2) is 6.29. The van der Waals surface area contributed by atoms with Gasteiger partial charge in [-0.05, 0) is 40.6 Å². The summed E-state index contributed by atoms with van der Waals surface area (Å²) >= 11 is 5.89. The lowest BCUT2D eigenvalue weighted by Crippen LogP contribution is -2.48. The summed E-state index contributed by atoms with van der Waals surface area (Å²) in [7, 11) is 0. The van der Waals surface area contributed by atoms with Crippen molar-refractivity contribution in [2.45, 2.75) is 18.8 Å². The Morgan fingerprint density at radius 2 is 1.79 bits per heavy atom. The van der Waals surface area contributed by atoms with Crippen molar-refractivity contribution in [3.05, 3.63) is 57.5 Å². The standard InChI is InChI=1S/C17H19ClN3O3/c18-15-1-3-16(4-2-15)20-17(22)11-14(12-19-20)13-5-7-21(8-6-13)23-9-10-24-21/h1-4,11-13H,5-10H2/q+1. The molecule has 3 heterocycles. The second-order valence-corrected chi connectivity index (χ2v) is 6.65. The molecule has 1 spiro atoms. The van der Waals surface area contributed by atoms with Crippen LogP contribution < -0.4 is 5.56 Å². The molecule has 2 saturated heterocycles. The van der Waals surface area contributed by atoms with Gasteiger partial charge in [-0.3, -0.25) is 4.79 Å². The lowest BCUT2D eigenvalue weighted by atomic mass is 9.91. The van der Waals surface area contributed by atoms with E-state index in [-0.39, 0.29) is 5.56 Å². The number of nitrogens with zero attached hydrogens (tertiary/aromatic N) is 3. The van der Waals surface area contributed by atoms with E-state index >= 15 is 0 Å². The summed E-state index contributed by atoms with van der Waals surface area (Å²) in [6, 6.07) is 8.76. The Kier molecular flexibility index (Phi) is 4.14. The Hall–Kier alpha value is -1.73. The Balaban J connectivity index is 1.52. The number of aromatic nitrogens is 2. The maximum atomic E-state index is 12.4. The quantitative estimate of drug-likeness (QED) is 0.782. The molecule has 0 amide bonds. The summed E-state index contributed by atoms with van der Waals surface area (Å²) < 4.78 is 1.39. The first-order valence-electron chi connectivity index (χ1n) is 8.17. The van der Waals surface area contributed by atoms with Crippen LogP contribution in [0.15, 0.2) is 41.3 Å². The van der Waals surface area contributed by atoms with Crippen LogP contribution in [0.2, 0.25) is 5.02 Å². The molecule has 6 nitrogen and oxygen atoms in total. The van der Waals surface area contributed by atoms with Gasteiger partial charge in [0.25, 0.3) is 5.56 Å². The highest BCUT2D eigenvalue weighted by Crippen LogP contribution is 2.33. The van der Waals surface area contributed by atoms with Crippen molar-refractivity contribution in [2.24, 2.45) is 0 Å². The highest BCUT2D eigenvalue weighted by Gasteiger charge is 2.42. The number of benzene rings is 1. The van der Waals surface area contributed by atoms with Gasteiger partial charge in [0.05, 0.1) is 11.9 Å². The Morgan fingerprint density at radius 1 is 1.12 bits per heavy atom. The third-order valence-corrected chi connectivity index (χ3v) is 4.99. The van der Waals surface area contributed by atoms with Crippen molar-refractivity contribution in [2.75, 3.05) is 26.3 Å². The normalized spacial score (nSPS) is 20.5. The van der Waals surface area contributed by atoms with Crippen LogP contribution in [0.25, 0.3) is 5.69 Å². The average molecular weight is 349 g/mol. The van der Waals surface area contributed by atoms with E-state index in [0.29, 0.717) is 34.7 Å². The maximum absolute atomic E-state index is 12.4. The van der Waals surface area contributed by atoms with E-state index in [0.717, 1.165) is 31.5 Å². The SMILES string of the molecule is O=c1cc(C2CC[N+]3(CC2)OCCO3)cnn1-c1ccc(Cl)cc1. The third kappa shape index (κ3) is 2.98. The van der Waals surface area contributed by atoms with Crippen LogP contribution in [0.3, 0.4) is 0 Å². The summed E-state index contributed by atoms with van der Waals surface area (Å²) in [5.74, 6) is 0.321. The molecule has 126 valence electrons. The van der Waals surface area contributed by atoms with E-state index in [2.05, 4.69) is 5.10 Å². The van der Waals surface area contributed by atoms with Gasteiger partial charge < -0.3 is 0 Å². The molecule has 2 aliphatic rings. The molecule has 24 heavy (non-hydrogen) atoms. The number of piperidine rings is 1. The fraction of sp³-hybridized carbons (Fsp3) is 0.412. The molecule has 0 aliphatic carbocycles. The van der Waals surface area contributed by atoms with Crippen molar-refractivity contribution in [3.63, 3.8) is 0 Å². The predicted molar refractivity (Wildman–Crippen MR) is 88.7 cm³/mol. The molecule has 0 radical (unpaired) electrons. The molecule has 4 rings (SSSR count). The lowest BCUT2D eigenvalue weighted by Gasteiger charge is -2.33. The number of halogens is 1. The maximum Gasteiger partial charge on any atom is 0.271 e. The van der Waals surface area contributed by atoms with Crippen LogP contribution in [-0.4, -0.2) is 40.9 Å². The van der Waals surface area contributed by atoms with Gasteiger partial charge in [0, 0.05) is 23.9 Å². The zero-order valence-electron chi connectivity index (χ0n) is 13.2. The number of hydroxylamine groups is 4. The topological polar surface area (TPSA) is 53.4 Å². The predicted octanol–water partition coefficient (Wildman–Crippen LogP) is 2.46. The first kappa shape index (κ1) is 15.8. The van der Waals surface area contributed by atoms with E-state index in [1.165, 1.54) is 4.68 Å². The largest absolute Gasteiger partial charge is 0.271 e. The fourth-order valence-electron chi connectivity index (χ4n) is 3.42. The van der Waals surface area contributed by atoms with Crippen LogP contribution in [0.4, 0.5) is 0 Å². The van der Waals surface area contributed by atoms with E-state index in [9.17, 15) is 4.79 Å².